The molecule has 1 aliphatic heterocycles. The number of nitrogens with zero attached hydrogens (tertiary/aromatic N) is 1. The standard InChI is InChI=1S/C8H16N2O3/c9-7(8(12)13)2-4-10-3-1-6(11)5-10/h6-7,11H,1-5,9H2,(H,12,13). The number of β-amino-alcohol motifs (C(OH)–C–C–N with tert-alkyl or cyclic N) is 1. The second kappa shape index (κ2) is 4.55. The number of hydrogen-bond acceptors (Lipinski definition) is 4. The van der Waals surface area contributed by atoms with Gasteiger partial charge in [-0.05, 0) is 12.8 Å². The van der Waals surface area contributed by atoms with E-state index in [4.69, 9.17) is 10.8 Å². The smallest absolute Gasteiger partial charge is 0.320 e. The lowest BCUT2D eigenvalue weighted by atomic mass is 10.2. The molecular formula is C8H16N2O3. The summed E-state index contributed by atoms with van der Waals surface area (Å²) in [5.41, 5.74) is 5.34. The van der Waals surface area contributed by atoms with Crippen LogP contribution in [-0.4, -0.2) is 52.9 Å². The van der Waals surface area contributed by atoms with Crippen LogP contribution in [0.4, 0.5) is 0 Å². The van der Waals surface area contributed by atoms with Crippen molar-refractivity contribution in [3.8, 4) is 0 Å². The summed E-state index contributed by atoms with van der Waals surface area (Å²) in [6.45, 7) is 2.14. The Morgan fingerprint density at radius 1 is 1.69 bits per heavy atom. The Hall–Kier alpha value is -0.650. The van der Waals surface area contributed by atoms with Gasteiger partial charge in [-0.2, -0.15) is 0 Å². The highest BCUT2D eigenvalue weighted by Gasteiger charge is 2.21. The first-order valence-corrected chi connectivity index (χ1v) is 4.48. The quantitative estimate of drug-likeness (QED) is 0.519. The van der Waals surface area contributed by atoms with E-state index in [0.717, 1.165) is 13.0 Å². The molecular weight excluding hydrogens is 172 g/mol. The van der Waals surface area contributed by atoms with Gasteiger partial charge in [0.15, 0.2) is 0 Å². The van der Waals surface area contributed by atoms with E-state index >= 15 is 0 Å². The molecule has 13 heavy (non-hydrogen) atoms. The molecule has 1 saturated heterocycles. The van der Waals surface area contributed by atoms with Crippen LogP contribution in [0.15, 0.2) is 0 Å². The topological polar surface area (TPSA) is 86.8 Å². The maximum absolute atomic E-state index is 10.4. The minimum Gasteiger partial charge on any atom is -0.480 e. The molecule has 2 unspecified atom stereocenters. The molecule has 76 valence electrons. The van der Waals surface area contributed by atoms with Crippen molar-refractivity contribution in [2.24, 2.45) is 5.73 Å². The predicted molar refractivity (Wildman–Crippen MR) is 47.3 cm³/mol. The van der Waals surface area contributed by atoms with Crippen molar-refractivity contribution in [1.29, 1.82) is 0 Å². The Balaban J connectivity index is 2.16. The molecule has 0 bridgehead atoms. The zero-order chi connectivity index (χ0) is 9.84. The van der Waals surface area contributed by atoms with E-state index < -0.39 is 12.0 Å². The number of carboxylic acid groups (broad SMARTS) is 1. The van der Waals surface area contributed by atoms with Crippen molar-refractivity contribution in [3.05, 3.63) is 0 Å². The van der Waals surface area contributed by atoms with Crippen LogP contribution in [0.3, 0.4) is 0 Å². The molecule has 0 aromatic rings. The van der Waals surface area contributed by atoms with Gasteiger partial charge < -0.3 is 20.8 Å². The molecule has 5 heteroatoms. The van der Waals surface area contributed by atoms with Crippen molar-refractivity contribution < 1.29 is 15.0 Å². The fourth-order valence-corrected chi connectivity index (χ4v) is 1.46. The van der Waals surface area contributed by atoms with Gasteiger partial charge in [0.2, 0.25) is 0 Å². The van der Waals surface area contributed by atoms with Gasteiger partial charge >= 0.3 is 5.97 Å². The summed E-state index contributed by atoms with van der Waals surface area (Å²) in [6, 6.07) is -0.780. The van der Waals surface area contributed by atoms with Crippen LogP contribution >= 0.6 is 0 Å². The maximum atomic E-state index is 10.4. The molecule has 1 rings (SSSR count). The van der Waals surface area contributed by atoms with Crippen LogP contribution in [-0.2, 0) is 4.79 Å². The van der Waals surface area contributed by atoms with Gasteiger partial charge in [-0.25, -0.2) is 0 Å². The Kier molecular flexibility index (Phi) is 3.65. The molecule has 1 heterocycles. The molecule has 0 aromatic heterocycles. The predicted octanol–water partition coefficient (Wildman–Crippen LogP) is -1.14. The molecule has 0 radical (unpaired) electrons. The average molecular weight is 188 g/mol. The summed E-state index contributed by atoms with van der Waals surface area (Å²) in [7, 11) is 0. The molecule has 1 aliphatic rings. The Morgan fingerprint density at radius 2 is 2.38 bits per heavy atom. The van der Waals surface area contributed by atoms with Gasteiger partial charge in [0, 0.05) is 19.6 Å². The maximum Gasteiger partial charge on any atom is 0.320 e. The van der Waals surface area contributed by atoms with Gasteiger partial charge in [-0.3, -0.25) is 4.79 Å². The number of aliphatic carboxylic acids is 1. The first-order chi connectivity index (χ1) is 6.09. The number of carboxylic acids is 1. The highest BCUT2D eigenvalue weighted by atomic mass is 16.4. The zero-order valence-corrected chi connectivity index (χ0v) is 7.52. The summed E-state index contributed by atoms with van der Waals surface area (Å²) in [4.78, 5) is 12.4. The first kappa shape index (κ1) is 10.4. The highest BCUT2D eigenvalue weighted by molar-refractivity contribution is 5.72. The van der Waals surface area contributed by atoms with E-state index in [1.807, 2.05) is 4.90 Å². The van der Waals surface area contributed by atoms with Gasteiger partial charge in [0.05, 0.1) is 6.10 Å². The van der Waals surface area contributed by atoms with Crippen molar-refractivity contribution >= 4 is 5.97 Å². The van der Waals surface area contributed by atoms with E-state index in [-0.39, 0.29) is 6.10 Å². The minimum absolute atomic E-state index is 0.249. The Bertz CT molecular complexity index is 186. The normalized spacial score (nSPS) is 26.2. The molecule has 0 aromatic carbocycles. The van der Waals surface area contributed by atoms with Gasteiger partial charge in [0.1, 0.15) is 6.04 Å². The lowest BCUT2D eigenvalue weighted by Gasteiger charge is -2.15. The SMILES string of the molecule is NC(CCN1CCC(O)C1)C(=O)O. The molecule has 2 atom stereocenters. The van der Waals surface area contributed by atoms with Crippen molar-refractivity contribution in [2.45, 2.75) is 25.0 Å². The number of carbonyl (C=O) groups is 1. The Morgan fingerprint density at radius 3 is 2.85 bits per heavy atom. The van der Waals surface area contributed by atoms with Gasteiger partial charge in [-0.1, -0.05) is 0 Å². The van der Waals surface area contributed by atoms with Crippen LogP contribution in [0, 0.1) is 0 Å². The number of likely N-dealkylation sites (tertiary alicyclic amines) is 1. The summed E-state index contributed by atoms with van der Waals surface area (Å²) < 4.78 is 0. The lowest BCUT2D eigenvalue weighted by Crippen LogP contribution is -2.35. The van der Waals surface area contributed by atoms with Gasteiger partial charge in [0.25, 0.3) is 0 Å². The van der Waals surface area contributed by atoms with E-state index in [0.29, 0.717) is 19.5 Å². The van der Waals surface area contributed by atoms with E-state index in [1.54, 1.807) is 0 Å². The Labute approximate surface area is 77.1 Å². The molecule has 1 fully saturated rings. The third-order valence-corrected chi connectivity index (χ3v) is 2.32. The number of aliphatic hydroxyl groups excluding tert-OH is 1. The van der Waals surface area contributed by atoms with Gasteiger partial charge in [-0.15, -0.1) is 0 Å². The van der Waals surface area contributed by atoms with E-state index in [1.165, 1.54) is 0 Å². The number of rotatable bonds is 4. The molecule has 4 N–H and O–H groups in total. The second-order valence-corrected chi connectivity index (χ2v) is 3.48. The van der Waals surface area contributed by atoms with Crippen LogP contribution in [0.25, 0.3) is 0 Å². The summed E-state index contributed by atoms with van der Waals surface area (Å²) in [5.74, 6) is -0.959. The van der Waals surface area contributed by atoms with Crippen molar-refractivity contribution in [1.82, 2.24) is 4.90 Å². The van der Waals surface area contributed by atoms with Crippen LogP contribution < -0.4 is 5.73 Å². The number of aliphatic hydroxyl groups is 1. The number of nitrogens with two attached hydrogens (primary N) is 1. The van der Waals surface area contributed by atoms with Crippen LogP contribution in [0.1, 0.15) is 12.8 Å². The monoisotopic (exact) mass is 188 g/mol. The highest BCUT2D eigenvalue weighted by Crippen LogP contribution is 2.09. The fourth-order valence-electron chi connectivity index (χ4n) is 1.46. The zero-order valence-electron chi connectivity index (χ0n) is 7.52. The van der Waals surface area contributed by atoms with Crippen LogP contribution in [0.2, 0.25) is 0 Å². The van der Waals surface area contributed by atoms with Crippen molar-refractivity contribution in [2.75, 3.05) is 19.6 Å². The van der Waals surface area contributed by atoms with Crippen molar-refractivity contribution in [3.63, 3.8) is 0 Å². The molecule has 5 nitrogen and oxygen atoms in total. The van der Waals surface area contributed by atoms with E-state index in [9.17, 15) is 9.90 Å². The average Bonchev–Trinajstić information content (AvgIpc) is 2.47. The third-order valence-electron chi connectivity index (χ3n) is 2.32. The summed E-state index contributed by atoms with van der Waals surface area (Å²) >= 11 is 0. The first-order valence-electron chi connectivity index (χ1n) is 4.48. The molecule has 0 spiro atoms. The van der Waals surface area contributed by atoms with Crippen LogP contribution in [0.5, 0.6) is 0 Å². The minimum atomic E-state index is -0.959. The largest absolute Gasteiger partial charge is 0.480 e. The van der Waals surface area contributed by atoms with E-state index in [2.05, 4.69) is 0 Å². The summed E-state index contributed by atoms with van der Waals surface area (Å²) in [5, 5.41) is 17.7. The number of hydrogen-bond donors (Lipinski definition) is 3. The second-order valence-electron chi connectivity index (χ2n) is 3.48. The molecule has 0 aliphatic carbocycles. The lowest BCUT2D eigenvalue weighted by molar-refractivity contribution is -0.138. The molecule has 0 amide bonds. The molecule has 0 saturated carbocycles. The fraction of sp³-hybridized carbons (Fsp3) is 0.875. The third kappa shape index (κ3) is 3.30. The summed E-state index contributed by atoms with van der Waals surface area (Å²) in [6.07, 6.45) is 0.978.